The molecule has 0 saturated heterocycles. The molecule has 30 heavy (non-hydrogen) atoms. The molecule has 0 fully saturated rings. The average molecular weight is 424 g/mol. The van der Waals surface area contributed by atoms with Crippen LogP contribution in [0.15, 0.2) is 72.8 Å². The van der Waals surface area contributed by atoms with E-state index in [0.717, 1.165) is 16.9 Å². The maximum absolute atomic E-state index is 12.7. The van der Waals surface area contributed by atoms with Crippen molar-refractivity contribution in [1.29, 1.82) is 0 Å². The Hall–Kier alpha value is -2.98. The fourth-order valence-electron chi connectivity index (χ4n) is 3.05. The van der Waals surface area contributed by atoms with Crippen molar-refractivity contribution in [3.05, 3.63) is 94.5 Å². The van der Waals surface area contributed by atoms with E-state index in [1.165, 1.54) is 0 Å². The van der Waals surface area contributed by atoms with Crippen molar-refractivity contribution >= 4 is 17.5 Å². The Balaban J connectivity index is 1.58. The van der Waals surface area contributed by atoms with E-state index in [2.05, 4.69) is 25.2 Å². The first kappa shape index (κ1) is 21.7. The van der Waals surface area contributed by atoms with Gasteiger partial charge in [-0.05, 0) is 41.3 Å². The minimum Gasteiger partial charge on any atom is -0.491 e. The van der Waals surface area contributed by atoms with Gasteiger partial charge in [-0.25, -0.2) is 0 Å². The third-order valence-corrected chi connectivity index (χ3v) is 4.84. The summed E-state index contributed by atoms with van der Waals surface area (Å²) in [7, 11) is 0. The third-order valence-electron chi connectivity index (χ3n) is 4.61. The Labute approximate surface area is 182 Å². The van der Waals surface area contributed by atoms with Crippen molar-refractivity contribution in [1.82, 2.24) is 5.32 Å². The summed E-state index contributed by atoms with van der Waals surface area (Å²) in [5.41, 5.74) is 2.58. The van der Waals surface area contributed by atoms with Crippen molar-refractivity contribution in [2.75, 3.05) is 13.2 Å². The first-order valence-corrected chi connectivity index (χ1v) is 10.4. The molecule has 156 valence electrons. The first-order valence-electron chi connectivity index (χ1n) is 10.0. The molecule has 0 unspecified atom stereocenters. The molecule has 3 aromatic carbocycles. The number of para-hydroxylation sites is 1. The minimum atomic E-state index is -0.249. The molecule has 0 bridgehead atoms. The first-order chi connectivity index (χ1) is 14.5. The molecular weight excluding hydrogens is 398 g/mol. The van der Waals surface area contributed by atoms with E-state index in [0.29, 0.717) is 42.0 Å². The molecule has 0 aromatic heterocycles. The summed E-state index contributed by atoms with van der Waals surface area (Å²) in [6, 6.07) is 22.8. The van der Waals surface area contributed by atoms with Crippen LogP contribution in [0.4, 0.5) is 0 Å². The van der Waals surface area contributed by atoms with Crippen LogP contribution in [0.25, 0.3) is 0 Å². The van der Waals surface area contributed by atoms with E-state index >= 15 is 0 Å². The van der Waals surface area contributed by atoms with Gasteiger partial charge in [-0.3, -0.25) is 4.79 Å². The lowest BCUT2D eigenvalue weighted by Crippen LogP contribution is -2.28. The van der Waals surface area contributed by atoms with E-state index in [-0.39, 0.29) is 5.91 Å². The van der Waals surface area contributed by atoms with E-state index in [1.54, 1.807) is 18.2 Å². The second kappa shape index (κ2) is 10.7. The quantitative estimate of drug-likeness (QED) is 0.439. The summed E-state index contributed by atoms with van der Waals surface area (Å²) in [6.45, 7) is 5.37. The van der Waals surface area contributed by atoms with Gasteiger partial charge >= 0.3 is 0 Å². The molecular formula is C25H26ClNO3. The molecule has 1 amide bonds. The molecule has 0 heterocycles. The molecule has 0 aliphatic heterocycles. The number of nitrogens with one attached hydrogen (secondary N) is 1. The van der Waals surface area contributed by atoms with Crippen LogP contribution in [0.3, 0.4) is 0 Å². The summed E-state index contributed by atoms with van der Waals surface area (Å²) in [5.74, 6) is 1.45. The Bertz CT molecular complexity index is 973. The Morgan fingerprint density at radius 1 is 0.933 bits per heavy atom. The van der Waals surface area contributed by atoms with Crippen LogP contribution in [0.1, 0.15) is 41.3 Å². The normalized spacial score (nSPS) is 10.7. The zero-order valence-electron chi connectivity index (χ0n) is 17.2. The number of amides is 1. The van der Waals surface area contributed by atoms with Crippen molar-refractivity contribution < 1.29 is 14.3 Å². The van der Waals surface area contributed by atoms with E-state index in [4.69, 9.17) is 21.1 Å². The number of benzene rings is 3. The highest BCUT2D eigenvalue weighted by Crippen LogP contribution is 2.26. The lowest BCUT2D eigenvalue weighted by molar-refractivity contribution is 0.0942. The van der Waals surface area contributed by atoms with Gasteiger partial charge in [-0.1, -0.05) is 74.0 Å². The second-order valence-electron chi connectivity index (χ2n) is 7.21. The monoisotopic (exact) mass is 423 g/mol. The Morgan fingerprint density at radius 2 is 1.67 bits per heavy atom. The molecule has 5 heteroatoms. The Morgan fingerprint density at radius 3 is 2.43 bits per heavy atom. The van der Waals surface area contributed by atoms with Crippen LogP contribution >= 0.6 is 11.6 Å². The van der Waals surface area contributed by atoms with E-state index < -0.39 is 0 Å². The molecule has 0 radical (unpaired) electrons. The van der Waals surface area contributed by atoms with Crippen LogP contribution in [-0.2, 0) is 6.61 Å². The minimum absolute atomic E-state index is 0.249. The molecule has 0 aliphatic carbocycles. The highest BCUT2D eigenvalue weighted by molar-refractivity contribution is 6.31. The number of carbonyl (C=O) groups is 1. The summed E-state index contributed by atoms with van der Waals surface area (Å²) in [5, 5.41) is 3.36. The number of rotatable bonds is 9. The van der Waals surface area contributed by atoms with Gasteiger partial charge in [-0.15, -0.1) is 0 Å². The van der Waals surface area contributed by atoms with Crippen LogP contribution in [-0.4, -0.2) is 19.1 Å². The number of halogens is 1. The highest BCUT2D eigenvalue weighted by Gasteiger charge is 2.14. The largest absolute Gasteiger partial charge is 0.491 e. The van der Waals surface area contributed by atoms with E-state index in [9.17, 15) is 4.79 Å². The Kier molecular flexibility index (Phi) is 7.75. The van der Waals surface area contributed by atoms with Gasteiger partial charge in [0.1, 0.15) is 24.7 Å². The fourth-order valence-corrected chi connectivity index (χ4v) is 3.22. The summed E-state index contributed by atoms with van der Waals surface area (Å²) in [4.78, 5) is 12.7. The van der Waals surface area contributed by atoms with Gasteiger partial charge in [0, 0.05) is 5.02 Å². The van der Waals surface area contributed by atoms with Crippen molar-refractivity contribution in [3.63, 3.8) is 0 Å². The van der Waals surface area contributed by atoms with Gasteiger partial charge in [0.15, 0.2) is 0 Å². The van der Waals surface area contributed by atoms with Crippen LogP contribution < -0.4 is 14.8 Å². The molecule has 3 rings (SSSR count). The topological polar surface area (TPSA) is 47.6 Å². The number of carbonyl (C=O) groups excluding carboxylic acids is 1. The molecule has 0 spiro atoms. The van der Waals surface area contributed by atoms with Crippen LogP contribution in [0.5, 0.6) is 11.5 Å². The van der Waals surface area contributed by atoms with Gasteiger partial charge in [0.25, 0.3) is 5.91 Å². The fraction of sp³-hybridized carbons (Fsp3) is 0.240. The zero-order valence-corrected chi connectivity index (χ0v) is 18.0. The number of hydrogen-bond acceptors (Lipinski definition) is 3. The lowest BCUT2D eigenvalue weighted by atomic mass is 10.0. The van der Waals surface area contributed by atoms with Crippen molar-refractivity contribution in [2.24, 2.45) is 0 Å². The predicted molar refractivity (Wildman–Crippen MR) is 121 cm³/mol. The zero-order chi connectivity index (χ0) is 21.3. The van der Waals surface area contributed by atoms with Crippen molar-refractivity contribution in [2.45, 2.75) is 26.4 Å². The molecule has 0 aliphatic rings. The summed E-state index contributed by atoms with van der Waals surface area (Å²) >= 11 is 6.11. The van der Waals surface area contributed by atoms with E-state index in [1.807, 2.05) is 48.5 Å². The average Bonchev–Trinajstić information content (AvgIpc) is 2.76. The maximum atomic E-state index is 12.7. The van der Waals surface area contributed by atoms with Gasteiger partial charge in [-0.2, -0.15) is 0 Å². The molecule has 1 N–H and O–H groups in total. The van der Waals surface area contributed by atoms with Crippen LogP contribution in [0.2, 0.25) is 5.02 Å². The summed E-state index contributed by atoms with van der Waals surface area (Å²) < 4.78 is 11.7. The van der Waals surface area contributed by atoms with Crippen molar-refractivity contribution in [3.8, 4) is 11.5 Å². The van der Waals surface area contributed by atoms with Gasteiger partial charge in [0.05, 0.1) is 12.1 Å². The highest BCUT2D eigenvalue weighted by atomic mass is 35.5. The molecule has 0 atom stereocenters. The predicted octanol–water partition coefficient (Wildman–Crippen LogP) is 5.85. The van der Waals surface area contributed by atoms with Gasteiger partial charge < -0.3 is 14.8 Å². The van der Waals surface area contributed by atoms with Gasteiger partial charge in [0.2, 0.25) is 0 Å². The molecule has 4 nitrogen and oxygen atoms in total. The second-order valence-corrected chi connectivity index (χ2v) is 7.65. The maximum Gasteiger partial charge on any atom is 0.255 e. The standard InChI is InChI=1S/C25H26ClNO3/c1-18(2)21-10-6-7-11-23(21)29-15-14-27-25(28)22-16-20(26)12-13-24(22)30-17-19-8-4-3-5-9-19/h3-13,16,18H,14-15,17H2,1-2H3,(H,27,28). The lowest BCUT2D eigenvalue weighted by Gasteiger charge is -2.15. The number of hydrogen-bond donors (Lipinski definition) is 1. The number of ether oxygens (including phenoxy) is 2. The van der Waals surface area contributed by atoms with Crippen LogP contribution in [0, 0.1) is 0 Å². The molecule has 3 aromatic rings. The SMILES string of the molecule is CC(C)c1ccccc1OCCNC(=O)c1cc(Cl)ccc1OCc1ccccc1. The third kappa shape index (κ3) is 6.01. The summed E-state index contributed by atoms with van der Waals surface area (Å²) in [6.07, 6.45) is 0. The molecule has 0 saturated carbocycles. The smallest absolute Gasteiger partial charge is 0.255 e.